The van der Waals surface area contributed by atoms with E-state index in [1.165, 1.54) is 4.31 Å². The van der Waals surface area contributed by atoms with Crippen LogP contribution in [0.3, 0.4) is 0 Å². The predicted octanol–water partition coefficient (Wildman–Crippen LogP) is 3.31. The third-order valence-corrected chi connectivity index (χ3v) is 8.37. The van der Waals surface area contributed by atoms with Crippen LogP contribution in [0.15, 0.2) is 59.7 Å². The zero-order valence-corrected chi connectivity index (χ0v) is 20.1. The predicted molar refractivity (Wildman–Crippen MR) is 129 cm³/mol. The lowest BCUT2D eigenvalue weighted by atomic mass is 9.91. The second kappa shape index (κ2) is 9.89. The molecule has 7 nitrogen and oxygen atoms in total. The summed E-state index contributed by atoms with van der Waals surface area (Å²) in [6, 6.07) is 17.8. The Balaban J connectivity index is 1.66. The first-order valence-electron chi connectivity index (χ1n) is 11.0. The molecule has 2 heterocycles. The maximum absolute atomic E-state index is 13.3. The van der Waals surface area contributed by atoms with Crippen molar-refractivity contribution >= 4 is 27.5 Å². The van der Waals surface area contributed by atoms with Crippen LogP contribution < -0.4 is 5.32 Å². The summed E-state index contributed by atoms with van der Waals surface area (Å²) in [5.41, 5.74) is 3.01. The van der Waals surface area contributed by atoms with Gasteiger partial charge in [-0.05, 0) is 43.1 Å². The maximum atomic E-state index is 13.3. The molecular weight excluding hydrogens is 446 g/mol. The third-order valence-electron chi connectivity index (χ3n) is 6.17. The van der Waals surface area contributed by atoms with Gasteiger partial charge < -0.3 is 0 Å². The second-order valence-electron chi connectivity index (χ2n) is 8.22. The highest BCUT2D eigenvalue weighted by Crippen LogP contribution is 2.31. The SMILES string of the molecule is CNC(N1C[C@H](c2ccccc2)C(c2ccc(Cl)cc2)=N1)N(C)S(=O)(=O)N1CCCCC1. The van der Waals surface area contributed by atoms with Crippen molar-refractivity contribution in [3.63, 3.8) is 0 Å². The number of piperidine rings is 1. The number of hydrogen-bond acceptors (Lipinski definition) is 5. The van der Waals surface area contributed by atoms with Gasteiger partial charge in [-0.25, -0.2) is 0 Å². The van der Waals surface area contributed by atoms with Gasteiger partial charge in [0.05, 0.1) is 12.3 Å². The minimum atomic E-state index is -3.60. The summed E-state index contributed by atoms with van der Waals surface area (Å²) < 4.78 is 29.6. The number of rotatable bonds is 7. The van der Waals surface area contributed by atoms with E-state index in [1.807, 2.05) is 47.5 Å². The molecule has 2 aromatic carbocycles. The Morgan fingerprint density at radius 1 is 1.06 bits per heavy atom. The van der Waals surface area contributed by atoms with Gasteiger partial charge >= 0.3 is 0 Å². The van der Waals surface area contributed by atoms with E-state index in [9.17, 15) is 8.42 Å². The monoisotopic (exact) mass is 475 g/mol. The Morgan fingerprint density at radius 2 is 1.72 bits per heavy atom. The van der Waals surface area contributed by atoms with Gasteiger partial charge in [0.25, 0.3) is 10.2 Å². The van der Waals surface area contributed by atoms with Gasteiger partial charge in [0.1, 0.15) is 0 Å². The van der Waals surface area contributed by atoms with E-state index in [1.54, 1.807) is 18.4 Å². The molecule has 2 aromatic rings. The van der Waals surface area contributed by atoms with Crippen LogP contribution in [0, 0.1) is 0 Å². The molecule has 0 aliphatic carbocycles. The molecular formula is C23H30ClN5O2S. The molecule has 1 unspecified atom stereocenters. The first-order chi connectivity index (χ1) is 15.4. The molecule has 172 valence electrons. The molecule has 0 amide bonds. The number of nitrogens with zero attached hydrogens (tertiary/aromatic N) is 4. The molecule has 0 saturated carbocycles. The van der Waals surface area contributed by atoms with Crippen LogP contribution in [0.4, 0.5) is 0 Å². The Morgan fingerprint density at radius 3 is 2.34 bits per heavy atom. The van der Waals surface area contributed by atoms with Crippen molar-refractivity contribution in [2.45, 2.75) is 31.5 Å². The van der Waals surface area contributed by atoms with E-state index in [0.717, 1.165) is 36.1 Å². The van der Waals surface area contributed by atoms with Gasteiger partial charge in [-0.15, -0.1) is 0 Å². The van der Waals surface area contributed by atoms with Gasteiger partial charge in [-0.2, -0.15) is 22.1 Å². The Bertz CT molecular complexity index is 1040. The van der Waals surface area contributed by atoms with Gasteiger partial charge in [0.15, 0.2) is 6.29 Å². The van der Waals surface area contributed by atoms with Crippen LogP contribution >= 0.6 is 11.6 Å². The summed E-state index contributed by atoms with van der Waals surface area (Å²) in [5.74, 6) is 0.0133. The van der Waals surface area contributed by atoms with Crippen molar-refractivity contribution in [3.8, 4) is 0 Å². The first kappa shape index (κ1) is 23.2. The lowest BCUT2D eigenvalue weighted by molar-refractivity contribution is 0.0980. The maximum Gasteiger partial charge on any atom is 0.284 e. The van der Waals surface area contributed by atoms with Crippen molar-refractivity contribution in [2.75, 3.05) is 33.7 Å². The number of nitrogens with one attached hydrogen (secondary N) is 1. The summed E-state index contributed by atoms with van der Waals surface area (Å²) in [4.78, 5) is 0. The number of hydrogen-bond donors (Lipinski definition) is 1. The standard InChI is InChI=1S/C23H30ClN5O2S/c1-25-23(27(2)32(30,31)28-15-7-4-8-16-28)29-17-21(18-9-5-3-6-10-18)22(26-29)19-11-13-20(24)14-12-19/h3,5-6,9-14,21,23,25H,4,7-8,15-17H2,1-2H3/t21-,23?/m1/s1. The van der Waals surface area contributed by atoms with Crippen LogP contribution in [0.25, 0.3) is 0 Å². The average molecular weight is 476 g/mol. The molecule has 0 radical (unpaired) electrons. The zero-order chi connectivity index (χ0) is 22.7. The average Bonchev–Trinajstić information content (AvgIpc) is 3.26. The molecule has 1 N–H and O–H groups in total. The second-order valence-corrected chi connectivity index (χ2v) is 10.6. The topological polar surface area (TPSA) is 68.2 Å². The van der Waals surface area contributed by atoms with E-state index in [2.05, 4.69) is 17.4 Å². The van der Waals surface area contributed by atoms with Crippen LogP contribution in [-0.4, -0.2) is 67.8 Å². The lowest BCUT2D eigenvalue weighted by Gasteiger charge is -2.37. The molecule has 4 rings (SSSR count). The van der Waals surface area contributed by atoms with Crippen molar-refractivity contribution in [3.05, 3.63) is 70.7 Å². The minimum absolute atomic E-state index is 0.0133. The quantitative estimate of drug-likeness (QED) is 0.624. The van der Waals surface area contributed by atoms with Gasteiger partial charge in [-0.1, -0.05) is 60.5 Å². The van der Waals surface area contributed by atoms with Crippen molar-refractivity contribution in [1.82, 2.24) is 18.9 Å². The van der Waals surface area contributed by atoms with E-state index in [0.29, 0.717) is 24.7 Å². The fourth-order valence-corrected chi connectivity index (χ4v) is 6.10. The summed E-state index contributed by atoms with van der Waals surface area (Å²) in [6.07, 6.45) is 2.27. The Labute approximate surface area is 195 Å². The van der Waals surface area contributed by atoms with Gasteiger partial charge in [0.2, 0.25) is 0 Å². The molecule has 0 bridgehead atoms. The van der Waals surface area contributed by atoms with Crippen molar-refractivity contribution < 1.29 is 8.42 Å². The van der Waals surface area contributed by atoms with E-state index < -0.39 is 16.5 Å². The molecule has 9 heteroatoms. The van der Waals surface area contributed by atoms with E-state index in [-0.39, 0.29) is 5.92 Å². The minimum Gasteiger partial charge on any atom is -0.286 e. The lowest BCUT2D eigenvalue weighted by Crippen LogP contribution is -2.57. The summed E-state index contributed by atoms with van der Waals surface area (Å²) >= 11 is 6.10. The van der Waals surface area contributed by atoms with Gasteiger partial charge in [-0.3, -0.25) is 10.3 Å². The summed E-state index contributed by atoms with van der Waals surface area (Å²) in [7, 11) is -0.217. The third kappa shape index (κ3) is 4.70. The largest absolute Gasteiger partial charge is 0.286 e. The Hall–Kier alpha value is -1.97. The molecule has 32 heavy (non-hydrogen) atoms. The number of benzene rings is 2. The zero-order valence-electron chi connectivity index (χ0n) is 18.5. The molecule has 0 spiro atoms. The molecule has 2 atom stereocenters. The van der Waals surface area contributed by atoms with E-state index >= 15 is 0 Å². The summed E-state index contributed by atoms with van der Waals surface area (Å²) in [6.45, 7) is 1.69. The smallest absolute Gasteiger partial charge is 0.284 e. The molecule has 0 aromatic heterocycles. The number of halogens is 1. The van der Waals surface area contributed by atoms with E-state index in [4.69, 9.17) is 16.7 Å². The fraction of sp³-hybridized carbons (Fsp3) is 0.435. The van der Waals surface area contributed by atoms with Gasteiger partial charge in [0, 0.05) is 31.1 Å². The highest BCUT2D eigenvalue weighted by molar-refractivity contribution is 7.86. The summed E-state index contributed by atoms with van der Waals surface area (Å²) in [5, 5.41) is 10.6. The highest BCUT2D eigenvalue weighted by Gasteiger charge is 2.39. The van der Waals surface area contributed by atoms with Crippen LogP contribution in [0.2, 0.25) is 5.02 Å². The first-order valence-corrected chi connectivity index (χ1v) is 12.8. The molecule has 2 aliphatic heterocycles. The molecule has 1 fully saturated rings. The van der Waals surface area contributed by atoms with Crippen molar-refractivity contribution in [1.29, 1.82) is 0 Å². The highest BCUT2D eigenvalue weighted by atomic mass is 35.5. The molecule has 1 saturated heterocycles. The van der Waals surface area contributed by atoms with Crippen LogP contribution in [0.5, 0.6) is 0 Å². The molecule has 2 aliphatic rings. The van der Waals surface area contributed by atoms with Crippen LogP contribution in [0.1, 0.15) is 36.3 Å². The van der Waals surface area contributed by atoms with Crippen LogP contribution in [-0.2, 0) is 10.2 Å². The number of hydrazone groups is 1. The fourth-order valence-electron chi connectivity index (χ4n) is 4.43. The Kier molecular flexibility index (Phi) is 7.17. The normalized spacial score (nSPS) is 21.1. The van der Waals surface area contributed by atoms with Crippen molar-refractivity contribution in [2.24, 2.45) is 5.10 Å².